The first-order valence-corrected chi connectivity index (χ1v) is 13.7. The van der Waals surface area contributed by atoms with Crippen LogP contribution in [0.2, 0.25) is 0 Å². The van der Waals surface area contributed by atoms with Gasteiger partial charge in [0.2, 0.25) is 5.88 Å². The SMILES string of the molecule is Cc1ccc(/C=C2\SC(=S)N(CCCC(=O)c3c(C)c(C#N)c(=O)n(C4CCCCC4)c3O)C2=O)cc1. The van der Waals surface area contributed by atoms with Crippen LogP contribution in [-0.4, -0.2) is 37.1 Å². The molecule has 192 valence electrons. The Labute approximate surface area is 225 Å². The summed E-state index contributed by atoms with van der Waals surface area (Å²) in [6.07, 6.45) is 6.53. The predicted octanol–water partition coefficient (Wildman–Crippen LogP) is 5.41. The van der Waals surface area contributed by atoms with Crippen molar-refractivity contribution in [1.82, 2.24) is 9.47 Å². The summed E-state index contributed by atoms with van der Waals surface area (Å²) in [5, 5.41) is 20.6. The van der Waals surface area contributed by atoms with Gasteiger partial charge in [0.1, 0.15) is 16.0 Å². The van der Waals surface area contributed by atoms with E-state index in [2.05, 4.69) is 0 Å². The van der Waals surface area contributed by atoms with Gasteiger partial charge in [-0.3, -0.25) is 23.9 Å². The number of thioether (sulfide) groups is 1. The lowest BCUT2D eigenvalue weighted by Crippen LogP contribution is -2.31. The molecule has 1 N–H and O–H groups in total. The fourth-order valence-electron chi connectivity index (χ4n) is 4.96. The van der Waals surface area contributed by atoms with Gasteiger partial charge in [-0.25, -0.2) is 0 Å². The van der Waals surface area contributed by atoms with Crippen LogP contribution >= 0.6 is 24.0 Å². The van der Waals surface area contributed by atoms with Crippen molar-refractivity contribution in [2.45, 2.75) is 64.8 Å². The minimum absolute atomic E-state index is 0.0198. The number of benzene rings is 1. The van der Waals surface area contributed by atoms with Gasteiger partial charge in [0.05, 0.1) is 10.5 Å². The molecule has 1 aliphatic carbocycles. The highest BCUT2D eigenvalue weighted by atomic mass is 32.2. The molecule has 7 nitrogen and oxygen atoms in total. The highest BCUT2D eigenvalue weighted by Crippen LogP contribution is 2.35. The minimum atomic E-state index is -0.543. The number of carbonyl (C=O) groups excluding carboxylic acids is 2. The summed E-state index contributed by atoms with van der Waals surface area (Å²) in [4.78, 5) is 41.1. The van der Waals surface area contributed by atoms with Crippen molar-refractivity contribution in [3.05, 3.63) is 67.3 Å². The lowest BCUT2D eigenvalue weighted by atomic mass is 9.93. The summed E-state index contributed by atoms with van der Waals surface area (Å²) in [6, 6.07) is 9.54. The normalized spacial score (nSPS) is 17.4. The fourth-order valence-corrected chi connectivity index (χ4v) is 6.27. The highest BCUT2D eigenvalue weighted by Gasteiger charge is 2.32. The molecular weight excluding hydrogens is 506 g/mol. The predicted molar refractivity (Wildman–Crippen MR) is 149 cm³/mol. The Balaban J connectivity index is 1.49. The molecule has 2 fully saturated rings. The Hall–Kier alpha value is -3.22. The molecule has 1 amide bonds. The highest BCUT2D eigenvalue weighted by molar-refractivity contribution is 8.26. The lowest BCUT2D eigenvalue weighted by molar-refractivity contribution is -0.122. The van der Waals surface area contributed by atoms with Crippen LogP contribution in [0.5, 0.6) is 5.88 Å². The largest absolute Gasteiger partial charge is 0.494 e. The molecular formula is C28H29N3O4S2. The number of aryl methyl sites for hydroxylation is 1. The molecule has 0 radical (unpaired) electrons. The van der Waals surface area contributed by atoms with Crippen molar-refractivity contribution in [3.63, 3.8) is 0 Å². The zero-order valence-corrected chi connectivity index (χ0v) is 22.6. The first kappa shape index (κ1) is 26.8. The van der Waals surface area contributed by atoms with E-state index in [0.717, 1.165) is 43.2 Å². The Morgan fingerprint density at radius 1 is 1.19 bits per heavy atom. The number of rotatable bonds is 7. The topological polar surface area (TPSA) is 103 Å². The third-order valence-electron chi connectivity index (χ3n) is 7.00. The number of nitriles is 1. The summed E-state index contributed by atoms with van der Waals surface area (Å²) in [6.45, 7) is 3.78. The molecule has 9 heteroatoms. The summed E-state index contributed by atoms with van der Waals surface area (Å²) < 4.78 is 1.68. The number of hydrogen-bond donors (Lipinski definition) is 1. The zero-order chi connectivity index (χ0) is 26.7. The van der Waals surface area contributed by atoms with E-state index >= 15 is 0 Å². The monoisotopic (exact) mass is 535 g/mol. The maximum absolute atomic E-state index is 13.2. The van der Waals surface area contributed by atoms with Crippen LogP contribution in [0.25, 0.3) is 6.08 Å². The van der Waals surface area contributed by atoms with E-state index < -0.39 is 5.56 Å². The molecule has 1 saturated heterocycles. The van der Waals surface area contributed by atoms with Crippen molar-refractivity contribution >= 4 is 46.1 Å². The molecule has 4 rings (SSSR count). The first-order chi connectivity index (χ1) is 17.7. The van der Waals surface area contributed by atoms with E-state index in [4.69, 9.17) is 12.2 Å². The van der Waals surface area contributed by atoms with Crippen molar-refractivity contribution in [2.24, 2.45) is 0 Å². The summed E-state index contributed by atoms with van der Waals surface area (Å²) >= 11 is 6.65. The quantitative estimate of drug-likeness (QED) is 0.287. The van der Waals surface area contributed by atoms with Crippen molar-refractivity contribution in [1.29, 1.82) is 5.26 Å². The van der Waals surface area contributed by atoms with Crippen molar-refractivity contribution in [2.75, 3.05) is 6.54 Å². The van der Waals surface area contributed by atoms with Gasteiger partial charge in [0.15, 0.2) is 5.78 Å². The van der Waals surface area contributed by atoms with E-state index in [-0.39, 0.29) is 53.3 Å². The van der Waals surface area contributed by atoms with Crippen LogP contribution in [0.1, 0.15) is 83.6 Å². The van der Waals surface area contributed by atoms with Crippen molar-refractivity contribution < 1.29 is 14.7 Å². The zero-order valence-electron chi connectivity index (χ0n) is 21.0. The average Bonchev–Trinajstić information content (AvgIpc) is 3.13. The first-order valence-electron chi connectivity index (χ1n) is 12.5. The second-order valence-corrected chi connectivity index (χ2v) is 11.2. The number of aromatic hydroxyl groups is 1. The molecule has 2 aliphatic rings. The third-order valence-corrected chi connectivity index (χ3v) is 8.38. The smallest absolute Gasteiger partial charge is 0.271 e. The standard InChI is InChI=1S/C28H29N3O4S2/c1-17-10-12-19(13-11-17)15-23-26(34)30(28(36)37-23)14-6-9-22(32)24-18(2)21(16-29)25(33)31(27(24)35)20-7-4-3-5-8-20/h10-13,15,20,35H,3-9,14H2,1-2H3/b23-15-. The fraction of sp³-hybridized carbons (Fsp3) is 0.393. The molecule has 1 aromatic heterocycles. The number of ketones is 1. The molecule has 2 heterocycles. The van der Waals surface area contributed by atoms with E-state index in [1.807, 2.05) is 43.3 Å². The summed E-state index contributed by atoms with van der Waals surface area (Å²) in [5.41, 5.74) is 1.61. The second kappa shape index (κ2) is 11.4. The van der Waals surface area contributed by atoms with Gasteiger partial charge in [0.25, 0.3) is 11.5 Å². The number of pyridine rings is 1. The van der Waals surface area contributed by atoms with Gasteiger partial charge in [-0.05, 0) is 50.3 Å². The van der Waals surface area contributed by atoms with E-state index in [9.17, 15) is 24.8 Å². The molecule has 0 atom stereocenters. The molecule has 0 bridgehead atoms. The van der Waals surface area contributed by atoms with Gasteiger partial charge >= 0.3 is 0 Å². The number of Topliss-reactive ketones (excluding diaryl/α,β-unsaturated/α-hetero) is 1. The molecule has 1 saturated carbocycles. The number of aromatic nitrogens is 1. The van der Waals surface area contributed by atoms with Gasteiger partial charge in [-0.15, -0.1) is 0 Å². The molecule has 1 aromatic carbocycles. The summed E-state index contributed by atoms with van der Waals surface area (Å²) in [5.74, 6) is -0.915. The number of amides is 1. The van der Waals surface area contributed by atoms with Crippen molar-refractivity contribution in [3.8, 4) is 11.9 Å². The number of thiocarbonyl (C=S) groups is 1. The average molecular weight is 536 g/mol. The van der Waals surface area contributed by atoms with Crippen LogP contribution in [0.4, 0.5) is 0 Å². The van der Waals surface area contributed by atoms with Crippen LogP contribution < -0.4 is 5.56 Å². The molecule has 0 spiro atoms. The minimum Gasteiger partial charge on any atom is -0.494 e. The Morgan fingerprint density at radius 2 is 1.86 bits per heavy atom. The van der Waals surface area contributed by atoms with Gasteiger partial charge in [-0.2, -0.15) is 5.26 Å². The van der Waals surface area contributed by atoms with E-state index in [0.29, 0.717) is 15.6 Å². The number of carbonyl (C=O) groups is 2. The van der Waals surface area contributed by atoms with Gasteiger partial charge < -0.3 is 5.11 Å². The molecule has 37 heavy (non-hydrogen) atoms. The maximum Gasteiger partial charge on any atom is 0.271 e. The van der Waals surface area contributed by atoms with E-state index in [1.165, 1.54) is 28.2 Å². The van der Waals surface area contributed by atoms with Crippen LogP contribution in [0, 0.1) is 25.2 Å². The van der Waals surface area contributed by atoms with Crippen LogP contribution in [0.3, 0.4) is 0 Å². The second-order valence-electron chi connectivity index (χ2n) is 9.55. The number of hydrogen-bond acceptors (Lipinski definition) is 7. The molecule has 2 aromatic rings. The van der Waals surface area contributed by atoms with E-state index in [1.54, 1.807) is 0 Å². The summed E-state index contributed by atoms with van der Waals surface area (Å²) in [7, 11) is 0. The molecule has 0 unspecified atom stereocenters. The van der Waals surface area contributed by atoms with Crippen LogP contribution in [0.15, 0.2) is 34.0 Å². The Kier molecular flexibility index (Phi) is 8.30. The maximum atomic E-state index is 13.2. The number of nitrogens with zero attached hydrogens (tertiary/aromatic N) is 3. The lowest BCUT2D eigenvalue weighted by Gasteiger charge is -2.26. The Morgan fingerprint density at radius 3 is 2.51 bits per heavy atom. The van der Waals surface area contributed by atoms with Gasteiger partial charge in [-0.1, -0.05) is 73.1 Å². The van der Waals surface area contributed by atoms with Crippen LogP contribution in [-0.2, 0) is 4.79 Å². The third kappa shape index (κ3) is 5.55. The molecule has 1 aliphatic heterocycles. The van der Waals surface area contributed by atoms with Gasteiger partial charge in [0, 0.05) is 19.0 Å². The Bertz CT molecular complexity index is 1380.